The molecule has 0 radical (unpaired) electrons. The number of ether oxygens (including phenoxy) is 3. The summed E-state index contributed by atoms with van der Waals surface area (Å²) in [4.78, 5) is 38.2. The van der Waals surface area contributed by atoms with Crippen molar-refractivity contribution in [3.8, 4) is 0 Å². The zero-order valence-corrected chi connectivity index (χ0v) is 45.0. The van der Waals surface area contributed by atoms with Crippen molar-refractivity contribution in [1.29, 1.82) is 0 Å². The summed E-state index contributed by atoms with van der Waals surface area (Å²) >= 11 is 0. The van der Waals surface area contributed by atoms with E-state index in [0.29, 0.717) is 19.3 Å². The van der Waals surface area contributed by atoms with Crippen molar-refractivity contribution in [1.82, 2.24) is 0 Å². The molecule has 0 rings (SSSR count). The van der Waals surface area contributed by atoms with E-state index >= 15 is 0 Å². The fourth-order valence-corrected chi connectivity index (χ4v) is 7.73. The van der Waals surface area contributed by atoms with Crippen LogP contribution in [0.5, 0.6) is 0 Å². The zero-order chi connectivity index (χ0) is 50.0. The highest BCUT2D eigenvalue weighted by Crippen LogP contribution is 2.14. The third kappa shape index (κ3) is 55.1. The van der Waals surface area contributed by atoms with Gasteiger partial charge in [-0.05, 0) is 122 Å². The Morgan fingerprint density at radius 1 is 0.304 bits per heavy atom. The third-order valence-corrected chi connectivity index (χ3v) is 12.0. The van der Waals surface area contributed by atoms with E-state index in [1.165, 1.54) is 116 Å². The molecule has 0 aromatic rings. The average Bonchev–Trinajstić information content (AvgIpc) is 3.35. The van der Waals surface area contributed by atoms with Crippen LogP contribution >= 0.6 is 0 Å². The summed E-state index contributed by atoms with van der Waals surface area (Å²) in [7, 11) is 0. The maximum atomic E-state index is 12.9. The zero-order valence-electron chi connectivity index (χ0n) is 45.0. The van der Waals surface area contributed by atoms with Crippen LogP contribution in [0.1, 0.15) is 265 Å². The number of unbranched alkanes of at least 4 members (excludes halogenated alkanes) is 24. The lowest BCUT2D eigenvalue weighted by atomic mass is 10.1. The molecule has 0 aromatic heterocycles. The van der Waals surface area contributed by atoms with Crippen molar-refractivity contribution in [3.63, 3.8) is 0 Å². The van der Waals surface area contributed by atoms with Crippen LogP contribution in [0.3, 0.4) is 0 Å². The third-order valence-electron chi connectivity index (χ3n) is 12.0. The van der Waals surface area contributed by atoms with E-state index in [2.05, 4.69) is 118 Å². The number of rotatable bonds is 51. The highest BCUT2D eigenvalue weighted by atomic mass is 16.6. The Labute approximate surface area is 426 Å². The van der Waals surface area contributed by atoms with Gasteiger partial charge >= 0.3 is 17.9 Å². The minimum atomic E-state index is -0.804. The predicted octanol–water partition coefficient (Wildman–Crippen LogP) is 19.3. The van der Waals surface area contributed by atoms with Gasteiger partial charge in [0.25, 0.3) is 0 Å². The molecule has 0 saturated heterocycles. The van der Waals surface area contributed by atoms with Gasteiger partial charge in [-0.2, -0.15) is 0 Å². The molecular formula is C63H106O6. The summed E-state index contributed by atoms with van der Waals surface area (Å²) in [6.07, 6.45) is 75.4. The highest BCUT2D eigenvalue weighted by Gasteiger charge is 2.19. The Morgan fingerprint density at radius 3 is 0.913 bits per heavy atom. The van der Waals surface area contributed by atoms with Crippen molar-refractivity contribution in [2.24, 2.45) is 0 Å². The van der Waals surface area contributed by atoms with Crippen LogP contribution in [0.2, 0.25) is 0 Å². The number of esters is 3. The number of carbonyl (C=O) groups excluding carboxylic acids is 3. The molecule has 0 aliphatic rings. The molecule has 0 bridgehead atoms. The molecular weight excluding hydrogens is 853 g/mol. The van der Waals surface area contributed by atoms with E-state index in [-0.39, 0.29) is 31.1 Å². The van der Waals surface area contributed by atoms with Crippen molar-refractivity contribution in [2.75, 3.05) is 13.2 Å². The Balaban J connectivity index is 4.47. The van der Waals surface area contributed by atoms with Gasteiger partial charge in [0.1, 0.15) is 13.2 Å². The molecule has 0 N–H and O–H groups in total. The van der Waals surface area contributed by atoms with Crippen molar-refractivity contribution in [3.05, 3.63) is 97.2 Å². The Hall–Kier alpha value is -3.67. The second-order valence-corrected chi connectivity index (χ2v) is 18.8. The fourth-order valence-electron chi connectivity index (χ4n) is 7.73. The fraction of sp³-hybridized carbons (Fsp3) is 0.698. The molecule has 0 aromatic carbocycles. The van der Waals surface area contributed by atoms with Gasteiger partial charge in [-0.1, -0.05) is 221 Å². The lowest BCUT2D eigenvalue weighted by Crippen LogP contribution is -2.30. The molecule has 0 aliphatic carbocycles. The average molecular weight is 960 g/mol. The monoisotopic (exact) mass is 959 g/mol. The lowest BCUT2D eigenvalue weighted by Gasteiger charge is -2.18. The minimum absolute atomic E-state index is 0.0987. The normalized spacial score (nSPS) is 12.8. The molecule has 0 saturated carbocycles. The lowest BCUT2D eigenvalue weighted by molar-refractivity contribution is -0.167. The van der Waals surface area contributed by atoms with E-state index in [4.69, 9.17) is 14.2 Å². The second-order valence-electron chi connectivity index (χ2n) is 18.8. The molecule has 69 heavy (non-hydrogen) atoms. The van der Waals surface area contributed by atoms with E-state index in [1.54, 1.807) is 0 Å². The van der Waals surface area contributed by atoms with Crippen LogP contribution in [0.15, 0.2) is 97.2 Å². The van der Waals surface area contributed by atoms with Crippen LogP contribution in [-0.4, -0.2) is 37.2 Å². The van der Waals surface area contributed by atoms with Gasteiger partial charge in [0.2, 0.25) is 0 Å². The topological polar surface area (TPSA) is 78.9 Å². The smallest absolute Gasteiger partial charge is 0.306 e. The summed E-state index contributed by atoms with van der Waals surface area (Å²) < 4.78 is 16.8. The highest BCUT2D eigenvalue weighted by molar-refractivity contribution is 5.71. The second kappa shape index (κ2) is 56.9. The van der Waals surface area contributed by atoms with Crippen molar-refractivity contribution >= 4 is 17.9 Å². The predicted molar refractivity (Wildman–Crippen MR) is 297 cm³/mol. The molecule has 0 fully saturated rings. The van der Waals surface area contributed by atoms with Gasteiger partial charge in [0, 0.05) is 19.3 Å². The number of carbonyl (C=O) groups is 3. The summed E-state index contributed by atoms with van der Waals surface area (Å²) in [5.74, 6) is -0.954. The van der Waals surface area contributed by atoms with Gasteiger partial charge in [-0.25, -0.2) is 0 Å². The maximum Gasteiger partial charge on any atom is 0.306 e. The van der Waals surface area contributed by atoms with E-state index < -0.39 is 6.10 Å². The molecule has 0 aliphatic heterocycles. The molecule has 1 atom stereocenters. The SMILES string of the molecule is CC/C=C\C/C=C\C/C=C\C/C=C\CCCCC(=O)OCC(COC(=O)CCCCCCCCC/C=C\C/C=C\CCCCCC)OC(=O)CCCCCCCCC/C=C\C/C=C\CCCCCC. The van der Waals surface area contributed by atoms with Crippen LogP contribution in [0, 0.1) is 0 Å². The molecule has 0 spiro atoms. The summed E-state index contributed by atoms with van der Waals surface area (Å²) in [6.45, 7) is 6.45. The first-order valence-electron chi connectivity index (χ1n) is 28.7. The molecule has 6 nitrogen and oxygen atoms in total. The quantitative estimate of drug-likeness (QED) is 0.0262. The standard InChI is InChI=1S/C63H106O6/c1-4-7-10-13-16-19-22-25-28-30-32-35-38-41-44-47-50-53-56-62(65)68-59-60(58-67-61(64)55-52-49-46-43-40-37-34-27-24-21-18-15-12-9-6-3)69-63(66)57-54-51-48-45-42-39-36-33-31-29-26-23-20-17-14-11-8-5-2/h9,12,18-23,27-31,34,40,43,60H,4-8,10-11,13-17,24-26,32-33,35-39,41-42,44-59H2,1-3H3/b12-9-,21-18-,22-19-,23-20-,30-28-,31-29-,34-27-,43-40-. The first-order valence-corrected chi connectivity index (χ1v) is 28.7. The first kappa shape index (κ1) is 65.3. The van der Waals surface area contributed by atoms with Crippen molar-refractivity contribution in [2.45, 2.75) is 271 Å². The van der Waals surface area contributed by atoms with Crippen LogP contribution in [-0.2, 0) is 28.6 Å². The van der Waals surface area contributed by atoms with Gasteiger partial charge in [-0.3, -0.25) is 14.4 Å². The Morgan fingerprint density at radius 2 is 0.565 bits per heavy atom. The van der Waals surface area contributed by atoms with Gasteiger partial charge < -0.3 is 14.2 Å². The summed E-state index contributed by atoms with van der Waals surface area (Å²) in [5, 5.41) is 0. The minimum Gasteiger partial charge on any atom is -0.462 e. The van der Waals surface area contributed by atoms with Gasteiger partial charge in [-0.15, -0.1) is 0 Å². The number of hydrogen-bond donors (Lipinski definition) is 0. The van der Waals surface area contributed by atoms with Crippen LogP contribution in [0.25, 0.3) is 0 Å². The van der Waals surface area contributed by atoms with E-state index in [0.717, 1.165) is 109 Å². The van der Waals surface area contributed by atoms with Gasteiger partial charge in [0.05, 0.1) is 0 Å². The molecule has 1 unspecified atom stereocenters. The van der Waals surface area contributed by atoms with E-state index in [9.17, 15) is 14.4 Å². The largest absolute Gasteiger partial charge is 0.462 e. The Kier molecular flexibility index (Phi) is 53.9. The van der Waals surface area contributed by atoms with E-state index in [1.807, 2.05) is 0 Å². The number of hydrogen-bond acceptors (Lipinski definition) is 6. The molecule has 6 heteroatoms. The summed E-state index contributed by atoms with van der Waals surface area (Å²) in [6, 6.07) is 0. The molecule has 394 valence electrons. The maximum absolute atomic E-state index is 12.9. The van der Waals surface area contributed by atoms with Crippen LogP contribution in [0.4, 0.5) is 0 Å². The van der Waals surface area contributed by atoms with Crippen molar-refractivity contribution < 1.29 is 28.6 Å². The molecule has 0 heterocycles. The van der Waals surface area contributed by atoms with Crippen LogP contribution < -0.4 is 0 Å². The first-order chi connectivity index (χ1) is 34.0. The number of allylic oxidation sites excluding steroid dienone is 16. The van der Waals surface area contributed by atoms with Gasteiger partial charge in [0.15, 0.2) is 6.10 Å². The Bertz CT molecular complexity index is 1380. The summed E-state index contributed by atoms with van der Waals surface area (Å²) in [5.41, 5.74) is 0. The molecule has 0 amide bonds.